The summed E-state index contributed by atoms with van der Waals surface area (Å²) in [6.45, 7) is 6.43. The zero-order valence-electron chi connectivity index (χ0n) is 25.9. The molecule has 0 atom stereocenters. The van der Waals surface area contributed by atoms with Gasteiger partial charge in [-0.05, 0) is 125 Å². The molecule has 0 saturated carbocycles. The molecule has 0 fully saturated rings. The first-order chi connectivity index (χ1) is 22.9. The topological polar surface area (TPSA) is 73.0 Å². The molecule has 6 heteroatoms. The Bertz CT molecular complexity index is 3100. The van der Waals surface area contributed by atoms with Crippen LogP contribution in [0.25, 0.3) is 104 Å². The van der Waals surface area contributed by atoms with Crippen LogP contribution in [0.2, 0.25) is 0 Å². The van der Waals surface area contributed by atoms with E-state index in [0.717, 1.165) is 55.0 Å². The number of fused-ring (bicyclic) bond motifs is 7. The van der Waals surface area contributed by atoms with Crippen LogP contribution in [0.1, 0.15) is 26.5 Å². The van der Waals surface area contributed by atoms with Gasteiger partial charge < -0.3 is 0 Å². The van der Waals surface area contributed by atoms with Crippen molar-refractivity contribution in [1.82, 2.24) is 24.3 Å². The van der Waals surface area contributed by atoms with Gasteiger partial charge in [-0.25, -0.2) is 9.97 Å². The Balaban J connectivity index is 1.45. The largest absolute Gasteiger partial charge is 0.268 e. The van der Waals surface area contributed by atoms with E-state index in [9.17, 15) is 4.79 Å². The van der Waals surface area contributed by atoms with Crippen molar-refractivity contribution >= 4 is 81.4 Å². The monoisotopic (exact) mass is 603 g/mol. The van der Waals surface area contributed by atoms with Crippen LogP contribution in [0.5, 0.6) is 0 Å². The highest BCUT2D eigenvalue weighted by Crippen LogP contribution is 2.54. The molecule has 5 aromatic heterocycles. The summed E-state index contributed by atoms with van der Waals surface area (Å²) in [6, 6.07) is 25.8. The number of benzene rings is 5. The molecule has 6 aromatic carbocycles. The summed E-state index contributed by atoms with van der Waals surface area (Å²) in [5.74, 6) is 0. The standard InChI is InChI=1S/C41H25N5O/c1-41(2,3)30-9-8-29-38(44-30)45-39-36-27-18-25(20-10-14-42-15-11-20)23-6-4-22-5-7-24-26(21-12-16-43-17-13-21)19-28(37(36)40(47)46(29)39)35-33(24)31(22)32(23)34(27)35/h4-19H,1-3H3. The molecule has 0 amide bonds. The quantitative estimate of drug-likeness (QED) is 0.184. The predicted molar refractivity (Wildman–Crippen MR) is 192 cm³/mol. The molecule has 0 aliphatic rings. The van der Waals surface area contributed by atoms with Gasteiger partial charge in [-0.1, -0.05) is 45.0 Å². The lowest BCUT2D eigenvalue weighted by atomic mass is 9.89. The van der Waals surface area contributed by atoms with Crippen molar-refractivity contribution in [1.29, 1.82) is 0 Å². The number of imidazole rings is 1. The van der Waals surface area contributed by atoms with Crippen LogP contribution in [0.15, 0.2) is 102 Å². The molecule has 0 saturated heterocycles. The summed E-state index contributed by atoms with van der Waals surface area (Å²) in [4.78, 5) is 33.6. The summed E-state index contributed by atoms with van der Waals surface area (Å²) in [5.41, 5.74) is 7.12. The van der Waals surface area contributed by atoms with E-state index < -0.39 is 0 Å². The average Bonchev–Trinajstić information content (AvgIpc) is 3.74. The van der Waals surface area contributed by atoms with Crippen molar-refractivity contribution in [3.8, 4) is 22.3 Å². The highest BCUT2D eigenvalue weighted by Gasteiger charge is 2.30. The number of aromatic nitrogens is 5. The molecular weight excluding hydrogens is 578 g/mol. The molecule has 0 unspecified atom stereocenters. The van der Waals surface area contributed by atoms with Gasteiger partial charge in [0.2, 0.25) is 0 Å². The predicted octanol–water partition coefficient (Wildman–Crippen LogP) is 9.33. The molecule has 47 heavy (non-hydrogen) atoms. The van der Waals surface area contributed by atoms with Crippen LogP contribution < -0.4 is 5.56 Å². The van der Waals surface area contributed by atoms with Crippen molar-refractivity contribution < 1.29 is 0 Å². The Morgan fingerprint density at radius 2 is 1.11 bits per heavy atom. The zero-order valence-corrected chi connectivity index (χ0v) is 25.9. The maximum atomic E-state index is 14.9. The van der Waals surface area contributed by atoms with E-state index in [0.29, 0.717) is 16.7 Å². The summed E-state index contributed by atoms with van der Waals surface area (Å²) >= 11 is 0. The van der Waals surface area contributed by atoms with Gasteiger partial charge >= 0.3 is 0 Å². The second kappa shape index (κ2) is 8.22. The fourth-order valence-electron chi connectivity index (χ4n) is 8.29. The van der Waals surface area contributed by atoms with Crippen LogP contribution in [-0.4, -0.2) is 24.3 Å². The van der Waals surface area contributed by atoms with Crippen LogP contribution >= 0.6 is 0 Å². The lowest BCUT2D eigenvalue weighted by Crippen LogP contribution is -2.13. The van der Waals surface area contributed by atoms with Gasteiger partial charge in [0, 0.05) is 41.3 Å². The van der Waals surface area contributed by atoms with Gasteiger partial charge in [0.15, 0.2) is 11.3 Å². The number of nitrogens with zero attached hydrogens (tertiary/aromatic N) is 5. The van der Waals surface area contributed by atoms with E-state index >= 15 is 0 Å². The second-order valence-electron chi connectivity index (χ2n) is 13.9. The molecule has 0 aliphatic heterocycles. The first-order valence-corrected chi connectivity index (χ1v) is 15.9. The molecular formula is C41H25N5O. The maximum absolute atomic E-state index is 14.9. The van der Waals surface area contributed by atoms with E-state index in [2.05, 4.69) is 91.4 Å². The average molecular weight is 604 g/mol. The third kappa shape index (κ3) is 2.99. The number of hydrogen-bond acceptors (Lipinski definition) is 5. The van der Waals surface area contributed by atoms with Gasteiger partial charge in [0.25, 0.3) is 5.56 Å². The Labute approximate surface area is 267 Å². The van der Waals surface area contributed by atoms with Gasteiger partial charge in [-0.15, -0.1) is 0 Å². The molecule has 0 radical (unpaired) electrons. The van der Waals surface area contributed by atoms with Crippen LogP contribution in [0.3, 0.4) is 0 Å². The Morgan fingerprint density at radius 3 is 1.68 bits per heavy atom. The fraction of sp³-hybridized carbons (Fsp3) is 0.0976. The van der Waals surface area contributed by atoms with Crippen molar-refractivity contribution in [2.75, 3.05) is 0 Å². The first-order valence-electron chi connectivity index (χ1n) is 15.9. The molecule has 0 spiro atoms. The molecule has 11 rings (SSSR count). The molecule has 0 aliphatic carbocycles. The smallest absolute Gasteiger partial charge is 0.265 e. The van der Waals surface area contributed by atoms with Gasteiger partial charge in [-0.3, -0.25) is 19.2 Å². The van der Waals surface area contributed by atoms with Gasteiger partial charge in [-0.2, -0.15) is 0 Å². The highest BCUT2D eigenvalue weighted by molar-refractivity contribution is 6.50. The minimum absolute atomic E-state index is 0.0570. The highest BCUT2D eigenvalue weighted by atomic mass is 16.1. The molecule has 0 N–H and O–H groups in total. The van der Waals surface area contributed by atoms with Crippen molar-refractivity contribution in [3.63, 3.8) is 0 Å². The zero-order chi connectivity index (χ0) is 31.3. The Hall–Kier alpha value is -6.01. The van der Waals surface area contributed by atoms with Crippen LogP contribution in [-0.2, 0) is 5.41 Å². The Kier molecular flexibility index (Phi) is 4.41. The lowest BCUT2D eigenvalue weighted by molar-refractivity contribution is 0.571. The minimum atomic E-state index is -0.143. The molecule has 11 aromatic rings. The minimum Gasteiger partial charge on any atom is -0.268 e. The van der Waals surface area contributed by atoms with E-state index in [-0.39, 0.29) is 11.0 Å². The third-order valence-electron chi connectivity index (χ3n) is 10.3. The number of rotatable bonds is 2. The second-order valence-corrected chi connectivity index (χ2v) is 13.9. The molecule has 0 bridgehead atoms. The first kappa shape index (κ1) is 25.2. The SMILES string of the molecule is CC(C)(C)c1ccc2c(n1)nc1c3c4cc(-c5ccncc5)c5ccc6ccc7c(-c8ccncc8)cc(c3c(=O)n21)c1c7c6c5c41. The maximum Gasteiger partial charge on any atom is 0.265 e. The van der Waals surface area contributed by atoms with Gasteiger partial charge in [0.1, 0.15) is 0 Å². The third-order valence-corrected chi connectivity index (χ3v) is 10.3. The van der Waals surface area contributed by atoms with E-state index in [1.807, 2.05) is 36.9 Å². The van der Waals surface area contributed by atoms with Crippen molar-refractivity contribution in [2.45, 2.75) is 26.2 Å². The summed E-state index contributed by atoms with van der Waals surface area (Å²) in [7, 11) is 0. The number of hydrogen-bond donors (Lipinski definition) is 0. The van der Waals surface area contributed by atoms with Crippen molar-refractivity contribution in [3.05, 3.63) is 114 Å². The molecule has 5 heterocycles. The fourth-order valence-corrected chi connectivity index (χ4v) is 8.29. The van der Waals surface area contributed by atoms with Crippen LogP contribution in [0, 0.1) is 0 Å². The van der Waals surface area contributed by atoms with E-state index in [4.69, 9.17) is 9.97 Å². The molecule has 6 nitrogen and oxygen atoms in total. The summed E-state index contributed by atoms with van der Waals surface area (Å²) < 4.78 is 1.79. The normalized spacial score (nSPS) is 13.1. The van der Waals surface area contributed by atoms with Gasteiger partial charge in [0.05, 0.1) is 10.9 Å². The van der Waals surface area contributed by atoms with Crippen molar-refractivity contribution in [2.24, 2.45) is 0 Å². The summed E-state index contributed by atoms with van der Waals surface area (Å²) in [5, 5.41) is 13.2. The number of pyridine rings is 3. The molecule has 220 valence electrons. The van der Waals surface area contributed by atoms with E-state index in [1.54, 1.807) is 4.40 Å². The lowest BCUT2D eigenvalue weighted by Gasteiger charge is -2.16. The summed E-state index contributed by atoms with van der Waals surface area (Å²) in [6.07, 6.45) is 7.35. The van der Waals surface area contributed by atoms with E-state index in [1.165, 1.54) is 37.7 Å². The van der Waals surface area contributed by atoms with Crippen LogP contribution in [0.4, 0.5) is 0 Å². The Morgan fingerprint density at radius 1 is 0.553 bits per heavy atom.